The molecule has 0 bridgehead atoms. The summed E-state index contributed by atoms with van der Waals surface area (Å²) in [6.45, 7) is 0. The van der Waals surface area contributed by atoms with Crippen LogP contribution in [0, 0.1) is 0 Å². The molecular weight excluding hydrogens is 206 g/mol. The number of aromatic nitrogens is 2. The molecule has 0 aliphatic heterocycles. The first-order chi connectivity index (χ1) is 7.72. The maximum Gasteiger partial charge on any atom is 0.268 e. The molecule has 1 aromatic heterocycles. The Balaban J connectivity index is 2.17. The number of imidazole rings is 1. The highest BCUT2D eigenvalue weighted by atomic mass is 16.5. The van der Waals surface area contributed by atoms with E-state index in [1.165, 1.54) is 12.8 Å². The van der Waals surface area contributed by atoms with Crippen molar-refractivity contribution in [2.75, 3.05) is 7.11 Å². The third kappa shape index (κ3) is 2.09. The first kappa shape index (κ1) is 11.1. The lowest BCUT2D eigenvalue weighted by atomic mass is 9.92. The number of amides is 1. The zero-order valence-electron chi connectivity index (χ0n) is 9.43. The minimum atomic E-state index is -0.483. The van der Waals surface area contributed by atoms with Crippen LogP contribution in [0.4, 0.5) is 0 Å². The predicted octanol–water partition coefficient (Wildman–Crippen LogP) is 1.11. The van der Waals surface area contributed by atoms with Crippen molar-refractivity contribution in [3.05, 3.63) is 18.2 Å². The molecule has 88 valence electrons. The number of hydrogen-bond acceptors (Lipinski definition) is 3. The van der Waals surface area contributed by atoms with Gasteiger partial charge in [-0.3, -0.25) is 4.79 Å². The van der Waals surface area contributed by atoms with Crippen molar-refractivity contribution in [2.45, 2.75) is 37.8 Å². The van der Waals surface area contributed by atoms with Crippen LogP contribution in [0.1, 0.15) is 42.2 Å². The van der Waals surface area contributed by atoms with Crippen molar-refractivity contribution in [1.82, 2.24) is 9.55 Å². The van der Waals surface area contributed by atoms with Gasteiger partial charge in [-0.2, -0.15) is 0 Å². The predicted molar refractivity (Wildman–Crippen MR) is 59.0 cm³/mol. The van der Waals surface area contributed by atoms with Crippen molar-refractivity contribution >= 4 is 5.91 Å². The van der Waals surface area contributed by atoms with Gasteiger partial charge in [0.2, 0.25) is 0 Å². The van der Waals surface area contributed by atoms with Crippen LogP contribution in [0.15, 0.2) is 12.5 Å². The molecule has 0 radical (unpaired) electrons. The number of methoxy groups -OCH3 is 1. The maximum atomic E-state index is 11.0. The van der Waals surface area contributed by atoms with Gasteiger partial charge in [0.05, 0.1) is 18.5 Å². The molecule has 0 spiro atoms. The van der Waals surface area contributed by atoms with E-state index in [4.69, 9.17) is 10.5 Å². The minimum absolute atomic E-state index is 0.212. The van der Waals surface area contributed by atoms with Gasteiger partial charge in [-0.05, 0) is 12.8 Å². The second kappa shape index (κ2) is 4.65. The molecule has 1 heterocycles. The van der Waals surface area contributed by atoms with E-state index in [1.54, 1.807) is 19.6 Å². The van der Waals surface area contributed by atoms with Gasteiger partial charge < -0.3 is 15.0 Å². The van der Waals surface area contributed by atoms with Crippen LogP contribution in [0.3, 0.4) is 0 Å². The normalized spacial score (nSPS) is 25.6. The van der Waals surface area contributed by atoms with E-state index in [0.717, 1.165) is 12.8 Å². The Morgan fingerprint density at radius 3 is 2.94 bits per heavy atom. The topological polar surface area (TPSA) is 70.1 Å². The summed E-state index contributed by atoms with van der Waals surface area (Å²) in [7, 11) is 1.73. The largest absolute Gasteiger partial charge is 0.379 e. The molecule has 0 aromatic carbocycles. The van der Waals surface area contributed by atoms with Crippen molar-refractivity contribution in [2.24, 2.45) is 5.73 Å². The van der Waals surface area contributed by atoms with Crippen molar-refractivity contribution < 1.29 is 9.53 Å². The summed E-state index contributed by atoms with van der Waals surface area (Å²) in [5.74, 6) is -0.483. The lowest BCUT2D eigenvalue weighted by molar-refractivity contribution is 0.0289. The Hall–Kier alpha value is -1.36. The first-order valence-corrected chi connectivity index (χ1v) is 5.58. The van der Waals surface area contributed by atoms with E-state index in [1.807, 2.05) is 4.57 Å². The van der Waals surface area contributed by atoms with Gasteiger partial charge in [0, 0.05) is 13.3 Å². The summed E-state index contributed by atoms with van der Waals surface area (Å²) in [5.41, 5.74) is 5.50. The number of rotatable bonds is 3. The van der Waals surface area contributed by atoms with E-state index < -0.39 is 5.91 Å². The molecule has 2 rings (SSSR count). The molecule has 1 fully saturated rings. The van der Waals surface area contributed by atoms with Gasteiger partial charge >= 0.3 is 0 Å². The molecule has 1 amide bonds. The molecule has 1 aliphatic rings. The smallest absolute Gasteiger partial charge is 0.268 e. The fourth-order valence-corrected chi connectivity index (χ4v) is 2.34. The molecule has 1 aromatic rings. The van der Waals surface area contributed by atoms with Gasteiger partial charge in [0.25, 0.3) is 5.91 Å². The van der Waals surface area contributed by atoms with Gasteiger partial charge in [-0.1, -0.05) is 12.8 Å². The van der Waals surface area contributed by atoms with Crippen LogP contribution in [0.25, 0.3) is 0 Å². The van der Waals surface area contributed by atoms with Crippen LogP contribution in [-0.2, 0) is 4.74 Å². The summed E-state index contributed by atoms with van der Waals surface area (Å²) >= 11 is 0. The molecule has 1 saturated carbocycles. The summed E-state index contributed by atoms with van der Waals surface area (Å²) in [4.78, 5) is 15.0. The Bertz CT molecular complexity index is 375. The van der Waals surface area contributed by atoms with Crippen molar-refractivity contribution in [3.63, 3.8) is 0 Å². The van der Waals surface area contributed by atoms with Gasteiger partial charge in [0.15, 0.2) is 0 Å². The monoisotopic (exact) mass is 223 g/mol. The lowest BCUT2D eigenvalue weighted by Gasteiger charge is -2.31. The number of ether oxygens (including phenoxy) is 1. The second-order valence-electron chi connectivity index (χ2n) is 4.20. The summed E-state index contributed by atoms with van der Waals surface area (Å²) in [5, 5.41) is 0. The standard InChI is InChI=1S/C11H17N3O2/c1-16-10-5-3-2-4-9(10)14-6-8(11(12)15)13-7-14/h6-7,9-10H,2-5H2,1H3,(H2,12,15)/t9-,10-/m1/s1. The van der Waals surface area contributed by atoms with E-state index in [0.29, 0.717) is 5.69 Å². The van der Waals surface area contributed by atoms with E-state index in [9.17, 15) is 4.79 Å². The summed E-state index contributed by atoms with van der Waals surface area (Å²) in [6, 6.07) is 0.277. The molecule has 16 heavy (non-hydrogen) atoms. The molecule has 1 aliphatic carbocycles. The van der Waals surface area contributed by atoms with Crippen LogP contribution < -0.4 is 5.73 Å². The third-order valence-corrected chi connectivity index (χ3v) is 3.21. The van der Waals surface area contributed by atoms with E-state index in [2.05, 4.69) is 4.98 Å². The highest BCUT2D eigenvalue weighted by molar-refractivity contribution is 5.90. The Labute approximate surface area is 94.6 Å². The van der Waals surface area contributed by atoms with Crippen molar-refractivity contribution in [3.8, 4) is 0 Å². The number of nitrogens with two attached hydrogens (primary N) is 1. The molecule has 0 saturated heterocycles. The Morgan fingerprint density at radius 2 is 2.31 bits per heavy atom. The molecule has 5 heteroatoms. The van der Waals surface area contributed by atoms with Crippen LogP contribution >= 0.6 is 0 Å². The molecular formula is C11H17N3O2. The number of hydrogen-bond donors (Lipinski definition) is 1. The van der Waals surface area contributed by atoms with Crippen LogP contribution in [0.5, 0.6) is 0 Å². The highest BCUT2D eigenvalue weighted by Gasteiger charge is 2.26. The van der Waals surface area contributed by atoms with E-state index in [-0.39, 0.29) is 12.1 Å². The number of carbonyl (C=O) groups excluding carboxylic acids is 1. The fourth-order valence-electron chi connectivity index (χ4n) is 2.34. The number of primary amides is 1. The Kier molecular flexibility index (Phi) is 3.24. The van der Waals surface area contributed by atoms with Crippen molar-refractivity contribution in [1.29, 1.82) is 0 Å². The average Bonchev–Trinajstić information content (AvgIpc) is 2.78. The van der Waals surface area contributed by atoms with Gasteiger partial charge in [-0.25, -0.2) is 4.98 Å². The number of carbonyl (C=O) groups is 1. The Morgan fingerprint density at radius 1 is 1.56 bits per heavy atom. The molecule has 0 unspecified atom stereocenters. The average molecular weight is 223 g/mol. The molecule has 5 nitrogen and oxygen atoms in total. The number of nitrogens with zero attached hydrogens (tertiary/aromatic N) is 2. The fraction of sp³-hybridized carbons (Fsp3) is 0.636. The SMILES string of the molecule is CO[C@@H]1CCCC[C@H]1n1cnc(C(N)=O)c1. The molecule has 2 atom stereocenters. The summed E-state index contributed by atoms with van der Waals surface area (Å²) < 4.78 is 7.41. The third-order valence-electron chi connectivity index (χ3n) is 3.21. The zero-order chi connectivity index (χ0) is 11.5. The quantitative estimate of drug-likeness (QED) is 0.834. The van der Waals surface area contributed by atoms with Gasteiger partial charge in [-0.15, -0.1) is 0 Å². The second-order valence-corrected chi connectivity index (χ2v) is 4.20. The summed E-state index contributed by atoms with van der Waals surface area (Å²) in [6.07, 6.45) is 8.11. The molecule has 2 N–H and O–H groups in total. The highest BCUT2D eigenvalue weighted by Crippen LogP contribution is 2.30. The van der Waals surface area contributed by atoms with Gasteiger partial charge in [0.1, 0.15) is 5.69 Å². The van der Waals surface area contributed by atoms with Crippen LogP contribution in [0.2, 0.25) is 0 Å². The first-order valence-electron chi connectivity index (χ1n) is 5.58. The lowest BCUT2D eigenvalue weighted by Crippen LogP contribution is -2.28. The minimum Gasteiger partial charge on any atom is -0.379 e. The maximum absolute atomic E-state index is 11.0. The zero-order valence-corrected chi connectivity index (χ0v) is 9.43. The van der Waals surface area contributed by atoms with E-state index >= 15 is 0 Å². The van der Waals surface area contributed by atoms with Crippen LogP contribution in [-0.4, -0.2) is 28.7 Å².